The molecule has 3 fully saturated rings. The molecule has 0 aromatic carbocycles. The van der Waals surface area contributed by atoms with Crippen molar-refractivity contribution in [2.75, 3.05) is 0 Å². The molecule has 2 bridgehead atoms. The number of fused-ring (bicyclic) bond motifs is 1. The van der Waals surface area contributed by atoms with Crippen molar-refractivity contribution in [2.24, 2.45) is 11.3 Å². The lowest BCUT2D eigenvalue weighted by molar-refractivity contribution is -0.122. The first-order valence-electron chi connectivity index (χ1n) is 3.21. The maximum absolute atomic E-state index is 10.9. The molecule has 2 heteroatoms. The van der Waals surface area contributed by atoms with Crippen molar-refractivity contribution in [1.82, 2.24) is 0 Å². The van der Waals surface area contributed by atoms with Crippen LogP contribution in [0.2, 0.25) is 0 Å². The molecule has 0 amide bonds. The third-order valence-electron chi connectivity index (χ3n) is 2.50. The number of Topliss-reactive ketones (excluding diaryl/α,β-unsaturated/α-hetero) is 1. The molecule has 3 aliphatic carbocycles. The predicted octanol–water partition coefficient (Wildman–Crippen LogP) is 0.879. The smallest absolute Gasteiger partial charge is 0.153 e. The van der Waals surface area contributed by atoms with Crippen molar-refractivity contribution >= 4 is 5.78 Å². The summed E-state index contributed by atoms with van der Waals surface area (Å²) in [6, 6.07) is 2.11. The topological polar surface area (TPSA) is 40.9 Å². The largest absolute Gasteiger partial charge is 0.298 e. The summed E-state index contributed by atoms with van der Waals surface area (Å²) in [7, 11) is 0. The highest BCUT2D eigenvalue weighted by Gasteiger charge is 2.57. The van der Waals surface area contributed by atoms with Crippen LogP contribution in [0, 0.1) is 22.7 Å². The second-order valence-corrected chi connectivity index (χ2v) is 3.10. The van der Waals surface area contributed by atoms with Crippen LogP contribution in [0.15, 0.2) is 0 Å². The Morgan fingerprint density at radius 2 is 2.33 bits per heavy atom. The highest BCUT2D eigenvalue weighted by Crippen LogP contribution is 2.55. The number of rotatable bonds is 0. The number of hydrogen-bond acceptors (Lipinski definition) is 2. The fourth-order valence-electron chi connectivity index (χ4n) is 1.91. The average molecular weight is 121 g/mol. The molecule has 3 saturated carbocycles. The van der Waals surface area contributed by atoms with E-state index in [-0.39, 0.29) is 5.78 Å². The molecule has 3 rings (SSSR count). The van der Waals surface area contributed by atoms with Gasteiger partial charge in [0.1, 0.15) is 5.41 Å². The van der Waals surface area contributed by atoms with Gasteiger partial charge in [0.15, 0.2) is 5.78 Å². The minimum atomic E-state index is -0.495. The lowest BCUT2D eigenvalue weighted by atomic mass is 9.71. The van der Waals surface area contributed by atoms with Crippen molar-refractivity contribution in [3.8, 4) is 6.07 Å². The van der Waals surface area contributed by atoms with Crippen LogP contribution in [0.4, 0.5) is 0 Å². The van der Waals surface area contributed by atoms with Crippen LogP contribution in [-0.4, -0.2) is 5.78 Å². The Kier molecular flexibility index (Phi) is 0.655. The summed E-state index contributed by atoms with van der Waals surface area (Å²) >= 11 is 0. The van der Waals surface area contributed by atoms with Gasteiger partial charge in [-0.05, 0) is 18.8 Å². The van der Waals surface area contributed by atoms with Gasteiger partial charge in [-0.15, -0.1) is 0 Å². The maximum atomic E-state index is 10.9. The van der Waals surface area contributed by atoms with Crippen LogP contribution < -0.4 is 0 Å². The fourth-order valence-corrected chi connectivity index (χ4v) is 1.91. The van der Waals surface area contributed by atoms with Crippen LogP contribution in [0.25, 0.3) is 0 Å². The molecule has 0 spiro atoms. The standard InChI is InChI=1S/C7H7NO/c8-4-7-2-5(3-7)1-6(7)9/h5H,1-3H2. The van der Waals surface area contributed by atoms with Crippen LogP contribution in [0.3, 0.4) is 0 Å². The summed E-state index contributed by atoms with van der Waals surface area (Å²) in [4.78, 5) is 10.9. The van der Waals surface area contributed by atoms with Gasteiger partial charge in [-0.3, -0.25) is 4.79 Å². The highest BCUT2D eigenvalue weighted by molar-refractivity contribution is 5.92. The summed E-state index contributed by atoms with van der Waals surface area (Å²) < 4.78 is 0. The predicted molar refractivity (Wildman–Crippen MR) is 30.4 cm³/mol. The number of carbonyl (C=O) groups is 1. The van der Waals surface area contributed by atoms with E-state index in [9.17, 15) is 4.79 Å². The Morgan fingerprint density at radius 3 is 2.56 bits per heavy atom. The molecule has 0 atom stereocenters. The summed E-state index contributed by atoms with van der Waals surface area (Å²) in [6.07, 6.45) is 2.37. The molecule has 0 aromatic heterocycles. The Bertz CT molecular complexity index is 207. The minimum Gasteiger partial charge on any atom is -0.298 e. The second kappa shape index (κ2) is 1.18. The van der Waals surface area contributed by atoms with Crippen LogP contribution in [0.5, 0.6) is 0 Å². The van der Waals surface area contributed by atoms with Gasteiger partial charge < -0.3 is 0 Å². The van der Waals surface area contributed by atoms with Gasteiger partial charge in [-0.25, -0.2) is 0 Å². The lowest BCUT2D eigenvalue weighted by Gasteiger charge is -2.28. The third-order valence-corrected chi connectivity index (χ3v) is 2.50. The van der Waals surface area contributed by atoms with Gasteiger partial charge in [0.2, 0.25) is 0 Å². The quantitative estimate of drug-likeness (QED) is 0.477. The number of hydrogen-bond donors (Lipinski definition) is 0. The summed E-state index contributed by atoms with van der Waals surface area (Å²) in [5, 5.41) is 8.56. The molecule has 46 valence electrons. The van der Waals surface area contributed by atoms with Gasteiger partial charge in [-0.1, -0.05) is 0 Å². The number of carbonyl (C=O) groups excluding carboxylic acids is 1. The molecule has 0 radical (unpaired) electrons. The van der Waals surface area contributed by atoms with E-state index in [1.165, 1.54) is 0 Å². The van der Waals surface area contributed by atoms with Crippen LogP contribution in [0.1, 0.15) is 19.3 Å². The zero-order valence-corrected chi connectivity index (χ0v) is 5.05. The molecule has 0 saturated heterocycles. The Hall–Kier alpha value is -0.840. The van der Waals surface area contributed by atoms with Gasteiger partial charge in [-0.2, -0.15) is 5.26 Å². The van der Waals surface area contributed by atoms with Crippen LogP contribution >= 0.6 is 0 Å². The summed E-state index contributed by atoms with van der Waals surface area (Å²) in [5.74, 6) is 0.757. The number of ketones is 1. The molecular weight excluding hydrogens is 114 g/mol. The lowest BCUT2D eigenvalue weighted by Crippen LogP contribution is -2.30. The van der Waals surface area contributed by atoms with Crippen LogP contribution in [-0.2, 0) is 4.79 Å². The number of nitriles is 1. The van der Waals surface area contributed by atoms with Crippen molar-refractivity contribution in [3.05, 3.63) is 0 Å². The molecule has 0 aromatic rings. The van der Waals surface area contributed by atoms with Gasteiger partial charge in [0.05, 0.1) is 6.07 Å². The second-order valence-electron chi connectivity index (χ2n) is 3.10. The fraction of sp³-hybridized carbons (Fsp3) is 0.714. The van der Waals surface area contributed by atoms with Gasteiger partial charge in [0.25, 0.3) is 0 Å². The van der Waals surface area contributed by atoms with Crippen molar-refractivity contribution in [2.45, 2.75) is 19.3 Å². The van der Waals surface area contributed by atoms with E-state index >= 15 is 0 Å². The zero-order chi connectivity index (χ0) is 6.48. The highest BCUT2D eigenvalue weighted by atomic mass is 16.1. The van der Waals surface area contributed by atoms with E-state index in [1.54, 1.807) is 0 Å². The Balaban J connectivity index is 2.37. The molecule has 3 aliphatic rings. The van der Waals surface area contributed by atoms with E-state index in [4.69, 9.17) is 5.26 Å². The average Bonchev–Trinajstić information content (AvgIpc) is 2.17. The monoisotopic (exact) mass is 121 g/mol. The maximum Gasteiger partial charge on any atom is 0.153 e. The summed E-state index contributed by atoms with van der Waals surface area (Å²) in [6.45, 7) is 0. The molecule has 0 N–H and O–H groups in total. The number of nitrogens with zero attached hydrogens (tertiary/aromatic N) is 1. The van der Waals surface area contributed by atoms with E-state index < -0.39 is 5.41 Å². The molecular formula is C7H7NO. The van der Waals surface area contributed by atoms with Gasteiger partial charge in [0, 0.05) is 6.42 Å². The Morgan fingerprint density at radius 1 is 1.67 bits per heavy atom. The van der Waals surface area contributed by atoms with Crippen molar-refractivity contribution < 1.29 is 4.79 Å². The molecule has 0 aliphatic heterocycles. The van der Waals surface area contributed by atoms with Gasteiger partial charge >= 0.3 is 0 Å². The molecule has 2 nitrogen and oxygen atoms in total. The van der Waals surface area contributed by atoms with Crippen molar-refractivity contribution in [1.29, 1.82) is 5.26 Å². The van der Waals surface area contributed by atoms with E-state index in [1.807, 2.05) is 0 Å². The van der Waals surface area contributed by atoms with E-state index in [0.29, 0.717) is 12.3 Å². The van der Waals surface area contributed by atoms with E-state index in [0.717, 1.165) is 12.8 Å². The normalized spacial score (nSPS) is 46.1. The zero-order valence-electron chi connectivity index (χ0n) is 5.05. The molecule has 9 heavy (non-hydrogen) atoms. The third kappa shape index (κ3) is 0.388. The summed E-state index contributed by atoms with van der Waals surface area (Å²) in [5.41, 5.74) is -0.495. The minimum absolute atomic E-state index is 0.190. The Labute approximate surface area is 53.5 Å². The van der Waals surface area contributed by atoms with Crippen molar-refractivity contribution in [3.63, 3.8) is 0 Å². The first kappa shape index (κ1) is 4.99. The van der Waals surface area contributed by atoms with E-state index in [2.05, 4.69) is 6.07 Å². The first-order valence-corrected chi connectivity index (χ1v) is 3.21. The first-order chi connectivity index (χ1) is 4.27. The molecule has 0 unspecified atom stereocenters. The SMILES string of the molecule is N#CC12CC(CC1=O)C2. The molecule has 0 heterocycles.